The molecule has 4 nitrogen and oxygen atoms in total. The molecule has 0 spiro atoms. The van der Waals surface area contributed by atoms with Crippen LogP contribution in [0.1, 0.15) is 39.3 Å². The maximum Gasteiger partial charge on any atom is 0.257 e. The molecule has 1 aliphatic rings. The Bertz CT molecular complexity index is 852. The lowest BCUT2D eigenvalue weighted by atomic mass is 10.0. The number of benzene rings is 1. The second-order valence-electron chi connectivity index (χ2n) is 6.14. The van der Waals surface area contributed by atoms with Crippen LogP contribution in [0.5, 0.6) is 0 Å². The van der Waals surface area contributed by atoms with Gasteiger partial charge in [0.15, 0.2) is 0 Å². The third-order valence-corrected chi connectivity index (χ3v) is 5.60. The zero-order valence-electron chi connectivity index (χ0n) is 13.6. The van der Waals surface area contributed by atoms with Crippen molar-refractivity contribution in [2.24, 2.45) is 0 Å². The molecule has 2 aromatic heterocycles. The van der Waals surface area contributed by atoms with E-state index in [-0.39, 0.29) is 11.9 Å². The molecule has 0 saturated heterocycles. The summed E-state index contributed by atoms with van der Waals surface area (Å²) in [5.74, 6) is 0.0682. The Labute approximate surface area is 145 Å². The molecule has 24 heavy (non-hydrogen) atoms. The van der Waals surface area contributed by atoms with E-state index in [1.54, 1.807) is 17.5 Å². The number of rotatable bonds is 3. The van der Waals surface area contributed by atoms with Crippen molar-refractivity contribution in [3.63, 3.8) is 0 Å². The predicted octanol–water partition coefficient (Wildman–Crippen LogP) is 3.75. The quantitative estimate of drug-likeness (QED) is 0.730. The molecule has 122 valence electrons. The van der Waals surface area contributed by atoms with Gasteiger partial charge < -0.3 is 4.90 Å². The average molecular weight is 337 g/mol. The van der Waals surface area contributed by atoms with Crippen LogP contribution in [0, 0.1) is 0 Å². The van der Waals surface area contributed by atoms with Gasteiger partial charge in [-0.15, -0.1) is 11.3 Å². The van der Waals surface area contributed by atoms with Crippen molar-refractivity contribution in [2.45, 2.75) is 25.9 Å². The molecule has 0 aliphatic carbocycles. The van der Waals surface area contributed by atoms with Crippen LogP contribution in [0.3, 0.4) is 0 Å². The van der Waals surface area contributed by atoms with Crippen LogP contribution in [0.15, 0.2) is 54.2 Å². The summed E-state index contributed by atoms with van der Waals surface area (Å²) in [7, 11) is 0. The lowest BCUT2D eigenvalue weighted by molar-refractivity contribution is 0.0679. The van der Waals surface area contributed by atoms with Crippen molar-refractivity contribution in [1.82, 2.24) is 14.7 Å². The fourth-order valence-electron chi connectivity index (χ4n) is 3.28. The number of carbonyl (C=O) groups is 1. The van der Waals surface area contributed by atoms with E-state index in [1.165, 1.54) is 16.0 Å². The number of aromatic nitrogens is 2. The van der Waals surface area contributed by atoms with E-state index in [2.05, 4.69) is 35.6 Å². The Balaban J connectivity index is 1.51. The van der Waals surface area contributed by atoms with Crippen LogP contribution >= 0.6 is 11.3 Å². The number of nitrogens with zero attached hydrogens (tertiary/aromatic N) is 3. The summed E-state index contributed by atoms with van der Waals surface area (Å²) >= 11 is 1.79. The van der Waals surface area contributed by atoms with Crippen molar-refractivity contribution in [2.75, 3.05) is 6.54 Å². The Kier molecular flexibility index (Phi) is 3.94. The van der Waals surface area contributed by atoms with E-state index < -0.39 is 0 Å². The van der Waals surface area contributed by atoms with E-state index in [9.17, 15) is 4.79 Å². The minimum atomic E-state index is 0.0682. The second kappa shape index (κ2) is 6.24. The molecule has 4 rings (SSSR count). The predicted molar refractivity (Wildman–Crippen MR) is 95.2 cm³/mol. The van der Waals surface area contributed by atoms with Gasteiger partial charge in [0.2, 0.25) is 0 Å². The molecule has 0 saturated carbocycles. The van der Waals surface area contributed by atoms with Crippen LogP contribution in [0.4, 0.5) is 0 Å². The summed E-state index contributed by atoms with van der Waals surface area (Å²) in [5.41, 5.74) is 3.13. The molecule has 1 unspecified atom stereocenters. The molecule has 0 fully saturated rings. The Morgan fingerprint density at radius 2 is 2.12 bits per heavy atom. The molecule has 5 heteroatoms. The first kappa shape index (κ1) is 15.1. The highest BCUT2D eigenvalue weighted by molar-refractivity contribution is 7.10. The number of carbonyl (C=O) groups excluding carboxylic acids is 1. The topological polar surface area (TPSA) is 38.1 Å². The van der Waals surface area contributed by atoms with Crippen molar-refractivity contribution in [3.8, 4) is 0 Å². The van der Waals surface area contributed by atoms with Gasteiger partial charge in [-0.25, -0.2) is 0 Å². The molecule has 1 aliphatic heterocycles. The second-order valence-corrected chi connectivity index (χ2v) is 7.14. The zero-order valence-corrected chi connectivity index (χ0v) is 14.4. The average Bonchev–Trinajstić information content (AvgIpc) is 3.25. The fourth-order valence-corrected chi connectivity index (χ4v) is 4.25. The highest BCUT2D eigenvalue weighted by Gasteiger charge is 2.29. The smallest absolute Gasteiger partial charge is 0.257 e. The van der Waals surface area contributed by atoms with Crippen molar-refractivity contribution >= 4 is 17.2 Å². The Morgan fingerprint density at radius 3 is 2.96 bits per heavy atom. The summed E-state index contributed by atoms with van der Waals surface area (Å²) < 4.78 is 1.83. The summed E-state index contributed by atoms with van der Waals surface area (Å²) in [6.45, 7) is 3.56. The van der Waals surface area contributed by atoms with Crippen LogP contribution in [-0.4, -0.2) is 27.1 Å². The highest BCUT2D eigenvalue weighted by atomic mass is 32.1. The van der Waals surface area contributed by atoms with Crippen molar-refractivity contribution in [3.05, 3.63) is 75.7 Å². The van der Waals surface area contributed by atoms with Gasteiger partial charge in [0, 0.05) is 17.6 Å². The van der Waals surface area contributed by atoms with Gasteiger partial charge in [-0.05, 0) is 35.9 Å². The standard InChI is InChI=1S/C19H19N3OS/c1-14-17-8-10-24-18(17)7-9-22(14)19(23)16-11-20-21(13-16)12-15-5-3-2-4-6-15/h2-6,8,10-11,13-14H,7,9,12H2,1H3. The first-order valence-electron chi connectivity index (χ1n) is 8.16. The first-order chi connectivity index (χ1) is 11.7. The number of hydrogen-bond donors (Lipinski definition) is 0. The molecule has 0 N–H and O–H groups in total. The van der Waals surface area contributed by atoms with Crippen LogP contribution in [0.25, 0.3) is 0 Å². The summed E-state index contributed by atoms with van der Waals surface area (Å²) in [6, 6.07) is 12.4. The number of fused-ring (bicyclic) bond motifs is 1. The maximum atomic E-state index is 12.9. The van der Waals surface area contributed by atoms with E-state index in [1.807, 2.05) is 34.0 Å². The van der Waals surface area contributed by atoms with Gasteiger partial charge in [-0.2, -0.15) is 5.10 Å². The van der Waals surface area contributed by atoms with Gasteiger partial charge in [-0.1, -0.05) is 30.3 Å². The zero-order chi connectivity index (χ0) is 16.5. The minimum Gasteiger partial charge on any atom is -0.331 e. The molecular weight excluding hydrogens is 318 g/mol. The molecule has 0 radical (unpaired) electrons. The molecule has 1 aromatic carbocycles. The van der Waals surface area contributed by atoms with Gasteiger partial charge in [0.1, 0.15) is 0 Å². The third kappa shape index (κ3) is 2.76. The molecule has 1 atom stereocenters. The van der Waals surface area contributed by atoms with Gasteiger partial charge >= 0.3 is 0 Å². The Morgan fingerprint density at radius 1 is 1.29 bits per heavy atom. The first-order valence-corrected chi connectivity index (χ1v) is 9.04. The summed E-state index contributed by atoms with van der Waals surface area (Å²) in [6.07, 6.45) is 4.48. The summed E-state index contributed by atoms with van der Waals surface area (Å²) in [5, 5.41) is 6.48. The Hall–Kier alpha value is -2.40. The SMILES string of the molecule is CC1c2ccsc2CCN1C(=O)c1cnn(Cc2ccccc2)c1. The lowest BCUT2D eigenvalue weighted by Crippen LogP contribution is -2.38. The minimum absolute atomic E-state index is 0.0682. The maximum absolute atomic E-state index is 12.9. The summed E-state index contributed by atoms with van der Waals surface area (Å²) in [4.78, 5) is 16.2. The highest BCUT2D eigenvalue weighted by Crippen LogP contribution is 2.33. The molecular formula is C19H19N3OS. The normalized spacial score (nSPS) is 16.9. The van der Waals surface area contributed by atoms with Crippen molar-refractivity contribution in [1.29, 1.82) is 0 Å². The number of hydrogen-bond acceptors (Lipinski definition) is 3. The van der Waals surface area contributed by atoms with E-state index in [0.717, 1.165) is 13.0 Å². The molecule has 3 aromatic rings. The van der Waals surface area contributed by atoms with Gasteiger partial charge in [-0.3, -0.25) is 9.48 Å². The monoisotopic (exact) mass is 337 g/mol. The van der Waals surface area contributed by atoms with E-state index in [4.69, 9.17) is 0 Å². The number of thiophene rings is 1. The molecule has 1 amide bonds. The largest absolute Gasteiger partial charge is 0.331 e. The third-order valence-electron chi connectivity index (χ3n) is 4.61. The number of amides is 1. The lowest BCUT2D eigenvalue weighted by Gasteiger charge is -2.33. The van der Waals surface area contributed by atoms with E-state index in [0.29, 0.717) is 12.1 Å². The van der Waals surface area contributed by atoms with Gasteiger partial charge in [0.25, 0.3) is 5.91 Å². The van der Waals surface area contributed by atoms with Crippen LogP contribution < -0.4 is 0 Å². The van der Waals surface area contributed by atoms with Gasteiger partial charge in [0.05, 0.1) is 24.3 Å². The molecule has 0 bridgehead atoms. The van der Waals surface area contributed by atoms with Crippen LogP contribution in [-0.2, 0) is 13.0 Å². The van der Waals surface area contributed by atoms with Crippen molar-refractivity contribution < 1.29 is 4.79 Å². The van der Waals surface area contributed by atoms with Crippen LogP contribution in [0.2, 0.25) is 0 Å². The van der Waals surface area contributed by atoms with E-state index >= 15 is 0 Å². The molecule has 3 heterocycles. The fraction of sp³-hybridized carbons (Fsp3) is 0.263.